The van der Waals surface area contributed by atoms with E-state index < -0.39 is 0 Å². The van der Waals surface area contributed by atoms with E-state index in [0.717, 1.165) is 17.7 Å². The van der Waals surface area contributed by atoms with Gasteiger partial charge >= 0.3 is 0 Å². The molecule has 0 spiro atoms. The number of isocyanates is 1. The van der Waals surface area contributed by atoms with Gasteiger partial charge in [-0.25, -0.2) is 4.79 Å². The van der Waals surface area contributed by atoms with Crippen molar-refractivity contribution in [3.05, 3.63) is 29.8 Å². The van der Waals surface area contributed by atoms with Crippen molar-refractivity contribution in [1.29, 1.82) is 0 Å². The normalized spacial score (nSPS) is 11.8. The van der Waals surface area contributed by atoms with E-state index in [0.29, 0.717) is 5.92 Å². The van der Waals surface area contributed by atoms with Crippen molar-refractivity contribution in [3.63, 3.8) is 0 Å². The van der Waals surface area contributed by atoms with E-state index in [4.69, 9.17) is 0 Å². The predicted octanol–water partition coefficient (Wildman–Crippen LogP) is 3.17. The summed E-state index contributed by atoms with van der Waals surface area (Å²) in [6.45, 7) is 4.24. The predicted molar refractivity (Wildman–Crippen MR) is 52.9 cm³/mol. The van der Waals surface area contributed by atoms with Gasteiger partial charge in [0.15, 0.2) is 0 Å². The Kier molecular flexibility index (Phi) is 3.41. The van der Waals surface area contributed by atoms with Gasteiger partial charge in [0.25, 0.3) is 0 Å². The molecule has 1 rings (SSSR count). The largest absolute Gasteiger partial charge is 0.240 e. The standard InChI is InChI=1S/C11H13NO/c1-3-9(2)10-6-4-5-7-11(10)12-8-13/h4-7,9H,3H2,1-2H3/t9-/m1/s1. The molecule has 1 atom stereocenters. The maximum atomic E-state index is 10.1. The van der Waals surface area contributed by atoms with Gasteiger partial charge in [0.2, 0.25) is 6.08 Å². The van der Waals surface area contributed by atoms with Crippen molar-refractivity contribution < 1.29 is 4.79 Å². The Bertz CT molecular complexity index is 327. The van der Waals surface area contributed by atoms with Crippen LogP contribution in [0.2, 0.25) is 0 Å². The van der Waals surface area contributed by atoms with Gasteiger partial charge < -0.3 is 0 Å². The number of rotatable bonds is 3. The molecule has 2 heteroatoms. The Morgan fingerprint density at radius 3 is 2.77 bits per heavy atom. The smallest absolute Gasteiger partial charge is 0.211 e. The van der Waals surface area contributed by atoms with Crippen LogP contribution >= 0.6 is 0 Å². The number of aliphatic imine (C=N–C) groups is 1. The highest BCUT2D eigenvalue weighted by atomic mass is 16.1. The summed E-state index contributed by atoms with van der Waals surface area (Å²) in [6.07, 6.45) is 2.63. The third-order valence-corrected chi connectivity index (χ3v) is 2.25. The molecule has 0 aromatic heterocycles. The van der Waals surface area contributed by atoms with E-state index >= 15 is 0 Å². The van der Waals surface area contributed by atoms with Gasteiger partial charge in [-0.2, -0.15) is 4.99 Å². The molecule has 0 saturated carbocycles. The zero-order valence-electron chi connectivity index (χ0n) is 7.95. The van der Waals surface area contributed by atoms with Crippen molar-refractivity contribution in [1.82, 2.24) is 0 Å². The second kappa shape index (κ2) is 4.58. The van der Waals surface area contributed by atoms with Crippen LogP contribution in [0.15, 0.2) is 29.3 Å². The van der Waals surface area contributed by atoms with Crippen LogP contribution in [0.1, 0.15) is 31.7 Å². The second-order valence-electron chi connectivity index (χ2n) is 3.07. The van der Waals surface area contributed by atoms with Crippen LogP contribution in [0.5, 0.6) is 0 Å². The number of hydrogen-bond acceptors (Lipinski definition) is 2. The fourth-order valence-electron chi connectivity index (χ4n) is 1.28. The van der Waals surface area contributed by atoms with Crippen LogP contribution in [0.25, 0.3) is 0 Å². The van der Waals surface area contributed by atoms with Gasteiger partial charge in [0, 0.05) is 0 Å². The summed E-state index contributed by atoms with van der Waals surface area (Å²) in [7, 11) is 0. The van der Waals surface area contributed by atoms with E-state index in [1.165, 1.54) is 0 Å². The highest BCUT2D eigenvalue weighted by Crippen LogP contribution is 2.27. The molecule has 0 amide bonds. The molecular weight excluding hydrogens is 162 g/mol. The number of nitrogens with zero attached hydrogens (tertiary/aromatic N) is 1. The molecule has 0 heterocycles. The summed E-state index contributed by atoms with van der Waals surface area (Å²) in [4.78, 5) is 13.8. The summed E-state index contributed by atoms with van der Waals surface area (Å²) in [5.41, 5.74) is 1.86. The van der Waals surface area contributed by atoms with Crippen LogP contribution in [-0.2, 0) is 4.79 Å². The molecule has 0 N–H and O–H groups in total. The Morgan fingerprint density at radius 1 is 1.46 bits per heavy atom. The second-order valence-corrected chi connectivity index (χ2v) is 3.07. The van der Waals surface area contributed by atoms with Crippen molar-refractivity contribution in [2.45, 2.75) is 26.2 Å². The van der Waals surface area contributed by atoms with Gasteiger partial charge in [-0.15, -0.1) is 0 Å². The quantitative estimate of drug-likeness (QED) is 0.512. The first-order chi connectivity index (χ1) is 6.29. The van der Waals surface area contributed by atoms with Crippen LogP contribution in [-0.4, -0.2) is 6.08 Å². The minimum atomic E-state index is 0.438. The minimum absolute atomic E-state index is 0.438. The lowest BCUT2D eigenvalue weighted by atomic mass is 9.97. The molecule has 0 fully saturated rings. The first kappa shape index (κ1) is 9.69. The molecule has 0 aliphatic rings. The molecule has 0 aliphatic heterocycles. The van der Waals surface area contributed by atoms with E-state index in [1.54, 1.807) is 6.08 Å². The Labute approximate surface area is 78.3 Å². The first-order valence-electron chi connectivity index (χ1n) is 4.46. The molecule has 1 aromatic carbocycles. The average Bonchev–Trinajstić information content (AvgIpc) is 2.18. The van der Waals surface area contributed by atoms with Gasteiger partial charge in [0.05, 0.1) is 5.69 Å². The zero-order valence-corrected chi connectivity index (χ0v) is 7.95. The molecule has 1 aromatic rings. The lowest BCUT2D eigenvalue weighted by Gasteiger charge is -2.10. The fourth-order valence-corrected chi connectivity index (χ4v) is 1.28. The highest BCUT2D eigenvalue weighted by Gasteiger charge is 2.06. The summed E-state index contributed by atoms with van der Waals surface area (Å²) in [5.74, 6) is 0.438. The average molecular weight is 175 g/mol. The summed E-state index contributed by atoms with van der Waals surface area (Å²) in [6, 6.07) is 7.68. The highest BCUT2D eigenvalue weighted by molar-refractivity contribution is 5.54. The number of para-hydroxylation sites is 1. The van der Waals surface area contributed by atoms with Crippen molar-refractivity contribution in [2.24, 2.45) is 4.99 Å². The third kappa shape index (κ3) is 2.27. The van der Waals surface area contributed by atoms with Gasteiger partial charge in [-0.1, -0.05) is 32.0 Å². The molecular formula is C11H13NO. The Hall–Kier alpha value is -1.40. The Morgan fingerprint density at radius 2 is 2.15 bits per heavy atom. The van der Waals surface area contributed by atoms with Crippen molar-refractivity contribution in [3.8, 4) is 0 Å². The van der Waals surface area contributed by atoms with Crippen molar-refractivity contribution >= 4 is 11.8 Å². The van der Waals surface area contributed by atoms with Crippen molar-refractivity contribution in [2.75, 3.05) is 0 Å². The third-order valence-electron chi connectivity index (χ3n) is 2.25. The summed E-state index contributed by atoms with van der Waals surface area (Å²) in [5, 5.41) is 0. The lowest BCUT2D eigenvalue weighted by Crippen LogP contribution is -1.90. The minimum Gasteiger partial charge on any atom is -0.211 e. The molecule has 0 aliphatic carbocycles. The van der Waals surface area contributed by atoms with E-state index in [9.17, 15) is 4.79 Å². The molecule has 13 heavy (non-hydrogen) atoms. The first-order valence-corrected chi connectivity index (χ1v) is 4.46. The van der Waals surface area contributed by atoms with Crippen LogP contribution in [0.3, 0.4) is 0 Å². The summed E-state index contributed by atoms with van der Waals surface area (Å²) < 4.78 is 0. The molecule has 0 saturated heterocycles. The lowest BCUT2D eigenvalue weighted by molar-refractivity contribution is 0.565. The van der Waals surface area contributed by atoms with Gasteiger partial charge in [-0.3, -0.25) is 0 Å². The topological polar surface area (TPSA) is 29.4 Å². The molecule has 2 nitrogen and oxygen atoms in total. The Balaban J connectivity index is 3.11. The fraction of sp³-hybridized carbons (Fsp3) is 0.364. The molecule has 0 unspecified atom stereocenters. The maximum absolute atomic E-state index is 10.1. The van der Waals surface area contributed by atoms with E-state index in [2.05, 4.69) is 18.8 Å². The van der Waals surface area contributed by atoms with Crippen LogP contribution < -0.4 is 0 Å². The molecule has 0 radical (unpaired) electrons. The monoisotopic (exact) mass is 175 g/mol. The maximum Gasteiger partial charge on any atom is 0.240 e. The SMILES string of the molecule is CC[C@@H](C)c1ccccc1N=C=O. The zero-order chi connectivity index (χ0) is 9.68. The number of carbonyl (C=O) groups excluding carboxylic acids is 1. The van der Waals surface area contributed by atoms with Crippen LogP contribution in [0.4, 0.5) is 5.69 Å². The van der Waals surface area contributed by atoms with Crippen LogP contribution in [0, 0.1) is 0 Å². The molecule has 68 valence electrons. The van der Waals surface area contributed by atoms with E-state index in [1.807, 2.05) is 24.3 Å². The van der Waals surface area contributed by atoms with E-state index in [-0.39, 0.29) is 0 Å². The number of hydrogen-bond donors (Lipinski definition) is 0. The van der Waals surface area contributed by atoms with Gasteiger partial charge in [-0.05, 0) is 24.0 Å². The van der Waals surface area contributed by atoms with Gasteiger partial charge in [0.1, 0.15) is 0 Å². The number of benzene rings is 1. The molecule has 0 bridgehead atoms. The summed E-state index contributed by atoms with van der Waals surface area (Å²) >= 11 is 0.